The van der Waals surface area contributed by atoms with Crippen molar-refractivity contribution in [2.24, 2.45) is 0 Å². The van der Waals surface area contributed by atoms with E-state index in [0.29, 0.717) is 5.75 Å². The minimum Gasteiger partial charge on any atom is -0.493 e. The molecule has 3 aromatic carbocycles. The fraction of sp³-hybridized carbons (Fsp3) is 0.130. The summed E-state index contributed by atoms with van der Waals surface area (Å²) < 4.78 is 20.9. The van der Waals surface area contributed by atoms with Crippen LogP contribution in [0.2, 0.25) is 0 Å². The second kappa shape index (κ2) is 9.41. The second-order valence-electron chi connectivity index (χ2n) is 5.98. The van der Waals surface area contributed by atoms with Gasteiger partial charge in [0.2, 0.25) is 0 Å². The largest absolute Gasteiger partial charge is 0.493 e. The Morgan fingerprint density at radius 2 is 1.52 bits per heavy atom. The molecule has 0 N–H and O–H groups in total. The van der Waals surface area contributed by atoms with E-state index in [0.717, 1.165) is 11.1 Å². The first-order chi connectivity index (χ1) is 14.1. The van der Waals surface area contributed by atoms with Crippen LogP contribution < -0.4 is 14.2 Å². The number of hydrogen-bond donors (Lipinski definition) is 0. The maximum absolute atomic E-state index is 12.3. The quantitative estimate of drug-likeness (QED) is 0.445. The molecule has 0 saturated heterocycles. The van der Waals surface area contributed by atoms with Crippen LogP contribution in [0.5, 0.6) is 17.2 Å². The number of rotatable bonds is 7. The zero-order valence-corrected chi connectivity index (χ0v) is 16.1. The van der Waals surface area contributed by atoms with Crippen LogP contribution in [-0.2, 0) is 9.53 Å². The zero-order valence-electron chi connectivity index (χ0n) is 16.1. The number of benzene rings is 3. The Labute approximate surface area is 168 Å². The predicted octanol–water partition coefficient (Wildman–Crippen LogP) is 4.13. The molecule has 0 radical (unpaired) electrons. The first-order valence-electron chi connectivity index (χ1n) is 8.86. The molecule has 6 nitrogen and oxygen atoms in total. The second-order valence-corrected chi connectivity index (χ2v) is 5.98. The summed E-state index contributed by atoms with van der Waals surface area (Å²) in [5.74, 6) is -0.112. The van der Waals surface area contributed by atoms with Gasteiger partial charge >= 0.3 is 11.9 Å². The summed E-state index contributed by atoms with van der Waals surface area (Å²) in [6.45, 7) is -0.286. The van der Waals surface area contributed by atoms with E-state index in [-0.39, 0.29) is 23.7 Å². The van der Waals surface area contributed by atoms with Crippen LogP contribution in [0.1, 0.15) is 10.4 Å². The summed E-state index contributed by atoms with van der Waals surface area (Å²) in [4.78, 5) is 23.9. The minimum atomic E-state index is -0.600. The molecule has 29 heavy (non-hydrogen) atoms. The average molecular weight is 392 g/mol. The number of hydrogen-bond acceptors (Lipinski definition) is 6. The lowest BCUT2D eigenvalue weighted by atomic mass is 10.1. The molecular formula is C23H20O6. The van der Waals surface area contributed by atoms with E-state index in [1.807, 2.05) is 48.5 Å². The Hall–Kier alpha value is -3.80. The van der Waals surface area contributed by atoms with Gasteiger partial charge in [-0.25, -0.2) is 9.59 Å². The molecule has 0 bridgehead atoms. The summed E-state index contributed by atoms with van der Waals surface area (Å²) in [5.41, 5.74) is 2.15. The highest BCUT2D eigenvalue weighted by molar-refractivity contribution is 5.90. The third kappa shape index (κ3) is 4.93. The van der Waals surface area contributed by atoms with Crippen molar-refractivity contribution in [1.29, 1.82) is 0 Å². The van der Waals surface area contributed by atoms with Gasteiger partial charge < -0.3 is 18.9 Å². The van der Waals surface area contributed by atoms with Gasteiger partial charge in [-0.1, -0.05) is 48.5 Å². The van der Waals surface area contributed by atoms with Gasteiger partial charge in [0.15, 0.2) is 18.1 Å². The molecule has 0 heterocycles. The average Bonchev–Trinajstić information content (AvgIpc) is 2.78. The van der Waals surface area contributed by atoms with E-state index in [9.17, 15) is 9.59 Å². The zero-order chi connectivity index (χ0) is 20.6. The molecule has 6 heteroatoms. The number of carbonyl (C=O) groups is 2. The van der Waals surface area contributed by atoms with E-state index >= 15 is 0 Å². The SMILES string of the molecule is COC(=O)c1ccc(OC(=O)COc2ccccc2-c2ccccc2)c(OC)c1. The third-order valence-corrected chi connectivity index (χ3v) is 4.13. The molecule has 0 amide bonds. The highest BCUT2D eigenvalue weighted by atomic mass is 16.6. The van der Waals surface area contributed by atoms with E-state index in [1.54, 1.807) is 6.07 Å². The monoisotopic (exact) mass is 392 g/mol. The molecule has 148 valence electrons. The minimum absolute atomic E-state index is 0.185. The number of ether oxygens (including phenoxy) is 4. The standard InChI is InChI=1S/C23H20O6/c1-26-21-14-17(23(25)27-2)12-13-20(21)29-22(24)15-28-19-11-7-6-10-18(19)16-8-4-3-5-9-16/h3-14H,15H2,1-2H3. The number of methoxy groups -OCH3 is 2. The fourth-order valence-corrected chi connectivity index (χ4v) is 2.73. The lowest BCUT2D eigenvalue weighted by Gasteiger charge is -2.13. The van der Waals surface area contributed by atoms with Crippen LogP contribution >= 0.6 is 0 Å². The van der Waals surface area contributed by atoms with Crippen LogP contribution in [-0.4, -0.2) is 32.8 Å². The Morgan fingerprint density at radius 3 is 2.24 bits per heavy atom. The normalized spacial score (nSPS) is 10.1. The highest BCUT2D eigenvalue weighted by Gasteiger charge is 2.15. The van der Waals surface area contributed by atoms with Gasteiger partial charge in [-0.2, -0.15) is 0 Å². The number of carbonyl (C=O) groups excluding carboxylic acids is 2. The van der Waals surface area contributed by atoms with Crippen LogP contribution in [0.3, 0.4) is 0 Å². The van der Waals surface area contributed by atoms with Gasteiger partial charge in [0, 0.05) is 5.56 Å². The lowest BCUT2D eigenvalue weighted by molar-refractivity contribution is -0.136. The van der Waals surface area contributed by atoms with Crippen molar-refractivity contribution in [3.05, 3.63) is 78.4 Å². The smallest absolute Gasteiger partial charge is 0.349 e. The highest BCUT2D eigenvalue weighted by Crippen LogP contribution is 2.30. The molecule has 0 unspecified atom stereocenters. The van der Waals surface area contributed by atoms with Gasteiger partial charge in [0.05, 0.1) is 19.8 Å². The Balaban J connectivity index is 1.69. The Morgan fingerprint density at radius 1 is 0.793 bits per heavy atom. The van der Waals surface area contributed by atoms with E-state index in [1.165, 1.54) is 32.4 Å². The topological polar surface area (TPSA) is 71.1 Å². The molecule has 0 fully saturated rings. The van der Waals surface area contributed by atoms with Gasteiger partial charge in [0.1, 0.15) is 5.75 Å². The van der Waals surface area contributed by atoms with Crippen molar-refractivity contribution < 1.29 is 28.5 Å². The maximum atomic E-state index is 12.3. The first kappa shape index (κ1) is 19.9. The summed E-state index contributed by atoms with van der Waals surface area (Å²) in [6.07, 6.45) is 0. The Bertz CT molecular complexity index is 997. The summed E-state index contributed by atoms with van der Waals surface area (Å²) in [6, 6.07) is 21.6. The lowest BCUT2D eigenvalue weighted by Crippen LogP contribution is -2.18. The Kier molecular flexibility index (Phi) is 6.47. The van der Waals surface area contributed by atoms with E-state index in [2.05, 4.69) is 4.74 Å². The maximum Gasteiger partial charge on any atom is 0.349 e. The molecular weight excluding hydrogens is 372 g/mol. The van der Waals surface area contributed by atoms with Gasteiger partial charge in [-0.05, 0) is 29.8 Å². The van der Waals surface area contributed by atoms with Crippen molar-refractivity contribution in [1.82, 2.24) is 0 Å². The molecule has 0 spiro atoms. The summed E-state index contributed by atoms with van der Waals surface area (Å²) >= 11 is 0. The summed E-state index contributed by atoms with van der Waals surface area (Å²) in [7, 11) is 2.70. The molecule has 0 saturated carbocycles. The molecule has 3 rings (SSSR count). The molecule has 0 atom stereocenters. The van der Waals surface area contributed by atoms with Crippen LogP contribution in [0.4, 0.5) is 0 Å². The molecule has 0 aliphatic carbocycles. The molecule has 3 aromatic rings. The van der Waals surface area contributed by atoms with Crippen molar-refractivity contribution in [2.75, 3.05) is 20.8 Å². The van der Waals surface area contributed by atoms with Gasteiger partial charge in [-0.3, -0.25) is 0 Å². The van der Waals surface area contributed by atoms with Crippen LogP contribution in [0, 0.1) is 0 Å². The molecule has 0 aliphatic rings. The van der Waals surface area contributed by atoms with Crippen molar-refractivity contribution in [2.45, 2.75) is 0 Å². The van der Waals surface area contributed by atoms with Crippen molar-refractivity contribution >= 4 is 11.9 Å². The molecule has 0 aliphatic heterocycles. The predicted molar refractivity (Wildman–Crippen MR) is 107 cm³/mol. The molecule has 0 aromatic heterocycles. The van der Waals surface area contributed by atoms with E-state index in [4.69, 9.17) is 14.2 Å². The van der Waals surface area contributed by atoms with Crippen LogP contribution in [0.15, 0.2) is 72.8 Å². The first-order valence-corrected chi connectivity index (χ1v) is 8.86. The number of esters is 2. The van der Waals surface area contributed by atoms with Crippen molar-refractivity contribution in [3.63, 3.8) is 0 Å². The summed E-state index contributed by atoms with van der Waals surface area (Å²) in [5, 5.41) is 0. The van der Waals surface area contributed by atoms with Crippen LogP contribution in [0.25, 0.3) is 11.1 Å². The third-order valence-electron chi connectivity index (χ3n) is 4.13. The fourth-order valence-electron chi connectivity index (χ4n) is 2.73. The van der Waals surface area contributed by atoms with Crippen molar-refractivity contribution in [3.8, 4) is 28.4 Å². The van der Waals surface area contributed by atoms with E-state index < -0.39 is 11.9 Å². The van der Waals surface area contributed by atoms with Gasteiger partial charge in [-0.15, -0.1) is 0 Å². The van der Waals surface area contributed by atoms with Gasteiger partial charge in [0.25, 0.3) is 0 Å². The number of para-hydroxylation sites is 1.